The van der Waals surface area contributed by atoms with Crippen LogP contribution in [0.3, 0.4) is 0 Å². The molecule has 0 aliphatic heterocycles. The summed E-state index contributed by atoms with van der Waals surface area (Å²) in [5, 5.41) is 16.4. The van der Waals surface area contributed by atoms with E-state index in [1.54, 1.807) is 7.05 Å². The number of hydrogen-bond acceptors (Lipinski definition) is 6. The molecule has 0 aliphatic rings. The number of aromatic nitrogens is 2. The Morgan fingerprint density at radius 1 is 1.40 bits per heavy atom. The van der Waals surface area contributed by atoms with Gasteiger partial charge < -0.3 is 10.6 Å². The van der Waals surface area contributed by atoms with Crippen molar-refractivity contribution in [3.8, 4) is 0 Å². The minimum Gasteiger partial charge on any atom is -0.367 e. The molecule has 15 heavy (non-hydrogen) atoms. The van der Waals surface area contributed by atoms with Crippen LogP contribution in [0.25, 0.3) is 0 Å². The van der Waals surface area contributed by atoms with Crippen LogP contribution in [0.4, 0.5) is 17.3 Å². The number of nitro groups is 1. The summed E-state index contributed by atoms with van der Waals surface area (Å²) in [5.74, 6) is 0.438. The van der Waals surface area contributed by atoms with Crippen molar-refractivity contribution in [3.63, 3.8) is 0 Å². The summed E-state index contributed by atoms with van der Waals surface area (Å²) < 4.78 is 0. The third kappa shape index (κ3) is 2.52. The van der Waals surface area contributed by atoms with Gasteiger partial charge in [-0.1, -0.05) is 0 Å². The van der Waals surface area contributed by atoms with Gasteiger partial charge in [-0.15, -0.1) is 0 Å². The van der Waals surface area contributed by atoms with E-state index in [0.717, 1.165) is 0 Å². The zero-order chi connectivity index (χ0) is 11.4. The Bertz CT molecular complexity index is 366. The van der Waals surface area contributed by atoms with Crippen LogP contribution in [0, 0.1) is 10.1 Å². The van der Waals surface area contributed by atoms with Crippen LogP contribution >= 0.6 is 0 Å². The van der Waals surface area contributed by atoms with Crippen LogP contribution in [0.5, 0.6) is 0 Å². The van der Waals surface area contributed by atoms with Gasteiger partial charge in [-0.25, -0.2) is 9.97 Å². The highest BCUT2D eigenvalue weighted by Gasteiger charge is 2.22. The van der Waals surface area contributed by atoms with Crippen molar-refractivity contribution in [3.05, 3.63) is 16.4 Å². The number of rotatable bonds is 4. The second-order valence-corrected chi connectivity index (χ2v) is 3.23. The molecule has 2 N–H and O–H groups in total. The molecule has 0 aromatic carbocycles. The fourth-order valence-corrected chi connectivity index (χ4v) is 1.11. The lowest BCUT2D eigenvalue weighted by molar-refractivity contribution is -0.383. The van der Waals surface area contributed by atoms with Crippen molar-refractivity contribution in [1.29, 1.82) is 0 Å². The molecular formula is C8H13N5O2. The Kier molecular flexibility index (Phi) is 3.37. The van der Waals surface area contributed by atoms with Crippen molar-refractivity contribution in [2.24, 2.45) is 0 Å². The third-order valence-electron chi connectivity index (χ3n) is 1.67. The van der Waals surface area contributed by atoms with Gasteiger partial charge >= 0.3 is 5.69 Å². The number of nitrogens with one attached hydrogen (secondary N) is 2. The van der Waals surface area contributed by atoms with Crippen LogP contribution in [0.2, 0.25) is 0 Å². The summed E-state index contributed by atoms with van der Waals surface area (Å²) in [6, 6.07) is 0.0725. The van der Waals surface area contributed by atoms with Gasteiger partial charge in [0.05, 0.1) is 4.92 Å². The first kappa shape index (κ1) is 11.2. The highest BCUT2D eigenvalue weighted by atomic mass is 16.6. The molecule has 1 aromatic heterocycles. The Hall–Kier alpha value is -1.92. The summed E-state index contributed by atoms with van der Waals surface area (Å²) in [4.78, 5) is 18.0. The molecule has 1 aromatic rings. The van der Waals surface area contributed by atoms with Crippen molar-refractivity contribution < 1.29 is 4.92 Å². The Morgan fingerprint density at radius 3 is 2.47 bits per heavy atom. The van der Waals surface area contributed by atoms with Crippen LogP contribution < -0.4 is 10.6 Å². The quantitative estimate of drug-likeness (QED) is 0.575. The second-order valence-electron chi connectivity index (χ2n) is 3.23. The van der Waals surface area contributed by atoms with E-state index in [1.165, 1.54) is 6.33 Å². The van der Waals surface area contributed by atoms with Gasteiger partial charge in [0.25, 0.3) is 0 Å². The first-order chi connectivity index (χ1) is 7.06. The first-order valence-electron chi connectivity index (χ1n) is 4.50. The van der Waals surface area contributed by atoms with E-state index in [-0.39, 0.29) is 23.4 Å². The van der Waals surface area contributed by atoms with Gasteiger partial charge in [0.15, 0.2) is 0 Å². The molecule has 0 atom stereocenters. The maximum absolute atomic E-state index is 10.8. The fourth-order valence-electron chi connectivity index (χ4n) is 1.11. The Morgan fingerprint density at radius 2 is 2.00 bits per heavy atom. The van der Waals surface area contributed by atoms with Crippen molar-refractivity contribution >= 4 is 17.3 Å². The lowest BCUT2D eigenvalue weighted by Gasteiger charge is -2.10. The van der Waals surface area contributed by atoms with E-state index in [4.69, 9.17) is 0 Å². The molecule has 1 heterocycles. The zero-order valence-corrected chi connectivity index (χ0v) is 8.81. The van der Waals surface area contributed by atoms with Crippen LogP contribution in [-0.2, 0) is 0 Å². The number of anilines is 2. The van der Waals surface area contributed by atoms with E-state index < -0.39 is 4.92 Å². The van der Waals surface area contributed by atoms with Gasteiger partial charge in [0.1, 0.15) is 6.33 Å². The van der Waals surface area contributed by atoms with Crippen LogP contribution in [0.15, 0.2) is 6.33 Å². The summed E-state index contributed by atoms with van der Waals surface area (Å²) in [7, 11) is 1.58. The highest BCUT2D eigenvalue weighted by Crippen LogP contribution is 2.28. The second kappa shape index (κ2) is 4.54. The minimum absolute atomic E-state index is 0.0725. The largest absolute Gasteiger partial charge is 0.367 e. The molecule has 7 heteroatoms. The monoisotopic (exact) mass is 211 g/mol. The average molecular weight is 211 g/mol. The maximum atomic E-state index is 10.8. The highest BCUT2D eigenvalue weighted by molar-refractivity contribution is 5.69. The molecule has 0 saturated heterocycles. The van der Waals surface area contributed by atoms with Crippen molar-refractivity contribution in [2.75, 3.05) is 17.7 Å². The third-order valence-corrected chi connectivity index (χ3v) is 1.67. The maximum Gasteiger partial charge on any atom is 0.353 e. The summed E-state index contributed by atoms with van der Waals surface area (Å²) in [6.45, 7) is 3.76. The van der Waals surface area contributed by atoms with Gasteiger partial charge in [0, 0.05) is 13.1 Å². The summed E-state index contributed by atoms with van der Waals surface area (Å²) >= 11 is 0. The normalized spacial score (nSPS) is 10.1. The Labute approximate surface area is 87.1 Å². The number of nitrogens with zero attached hydrogens (tertiary/aromatic N) is 3. The molecule has 0 amide bonds. The molecule has 82 valence electrons. The molecule has 0 saturated carbocycles. The predicted octanol–water partition coefficient (Wildman–Crippen LogP) is 1.25. The van der Waals surface area contributed by atoms with Gasteiger partial charge in [-0.3, -0.25) is 10.1 Å². The predicted molar refractivity (Wildman–Crippen MR) is 57.0 cm³/mol. The lowest BCUT2D eigenvalue weighted by Crippen LogP contribution is -2.14. The van der Waals surface area contributed by atoms with E-state index >= 15 is 0 Å². The Balaban J connectivity index is 3.19. The topological polar surface area (TPSA) is 93.0 Å². The zero-order valence-electron chi connectivity index (χ0n) is 8.81. The molecule has 7 nitrogen and oxygen atoms in total. The molecular weight excluding hydrogens is 198 g/mol. The van der Waals surface area contributed by atoms with Crippen LogP contribution in [0.1, 0.15) is 13.8 Å². The van der Waals surface area contributed by atoms with Gasteiger partial charge in [-0.2, -0.15) is 0 Å². The van der Waals surface area contributed by atoms with Gasteiger partial charge in [-0.05, 0) is 13.8 Å². The molecule has 0 radical (unpaired) electrons. The molecule has 1 rings (SSSR count). The van der Waals surface area contributed by atoms with E-state index in [0.29, 0.717) is 0 Å². The smallest absolute Gasteiger partial charge is 0.353 e. The van der Waals surface area contributed by atoms with E-state index in [1.807, 2.05) is 13.8 Å². The van der Waals surface area contributed by atoms with Crippen LogP contribution in [-0.4, -0.2) is 28.0 Å². The minimum atomic E-state index is -0.503. The van der Waals surface area contributed by atoms with Crippen molar-refractivity contribution in [1.82, 2.24) is 9.97 Å². The first-order valence-corrected chi connectivity index (χ1v) is 4.50. The van der Waals surface area contributed by atoms with E-state index in [2.05, 4.69) is 20.6 Å². The molecule has 0 unspecified atom stereocenters. The lowest BCUT2D eigenvalue weighted by atomic mass is 10.3. The summed E-state index contributed by atoms with van der Waals surface area (Å²) in [6.07, 6.45) is 1.28. The summed E-state index contributed by atoms with van der Waals surface area (Å²) in [5.41, 5.74) is -0.131. The molecule has 0 bridgehead atoms. The standard InChI is InChI=1S/C8H13N5O2/c1-5(2)12-8-6(13(14)15)7(9-3)10-4-11-8/h4-5H,1-3H3,(H2,9,10,11,12). The van der Waals surface area contributed by atoms with Crippen molar-refractivity contribution in [2.45, 2.75) is 19.9 Å². The fraction of sp³-hybridized carbons (Fsp3) is 0.500. The number of hydrogen-bond donors (Lipinski definition) is 2. The SMILES string of the molecule is CNc1ncnc(NC(C)C)c1[N+](=O)[O-]. The van der Waals surface area contributed by atoms with Gasteiger partial charge in [0.2, 0.25) is 11.6 Å². The molecule has 0 fully saturated rings. The molecule has 0 spiro atoms. The average Bonchev–Trinajstić information content (AvgIpc) is 2.15. The van der Waals surface area contributed by atoms with E-state index in [9.17, 15) is 10.1 Å². The molecule has 0 aliphatic carbocycles.